The fraction of sp³-hybridized carbons (Fsp3) is 0.462. The number of sulfonamides is 1. The van der Waals surface area contributed by atoms with Crippen molar-refractivity contribution < 1.29 is 18.0 Å². The molecule has 0 unspecified atom stereocenters. The smallest absolute Gasteiger partial charge is 0.242 e. The summed E-state index contributed by atoms with van der Waals surface area (Å²) >= 11 is 12.3. The maximum atomic E-state index is 13.4. The van der Waals surface area contributed by atoms with E-state index >= 15 is 0 Å². The van der Waals surface area contributed by atoms with Gasteiger partial charge in [-0.1, -0.05) is 60.5 Å². The van der Waals surface area contributed by atoms with Gasteiger partial charge in [0.1, 0.15) is 6.04 Å². The van der Waals surface area contributed by atoms with Crippen LogP contribution in [-0.4, -0.2) is 56.6 Å². The largest absolute Gasteiger partial charge is 0.352 e. The number of nitrogens with zero attached hydrogens (tertiary/aromatic N) is 2. The monoisotopic (exact) mass is 555 g/mol. The summed E-state index contributed by atoms with van der Waals surface area (Å²) < 4.78 is 26.1. The molecule has 0 saturated heterocycles. The highest BCUT2D eigenvalue weighted by molar-refractivity contribution is 7.92. The average Bonchev–Trinajstić information content (AvgIpc) is 2.80. The quantitative estimate of drug-likeness (QED) is 0.380. The molecule has 0 aliphatic carbocycles. The Bertz CT molecular complexity index is 1130. The highest BCUT2D eigenvalue weighted by Crippen LogP contribution is 2.31. The Kier molecular flexibility index (Phi) is 11.5. The molecular formula is C26H35Cl2N3O4S. The van der Waals surface area contributed by atoms with E-state index in [0.717, 1.165) is 16.1 Å². The summed E-state index contributed by atoms with van der Waals surface area (Å²) in [6.45, 7) is 6.05. The van der Waals surface area contributed by atoms with Gasteiger partial charge in [-0.2, -0.15) is 0 Å². The number of rotatable bonds is 13. The standard InChI is InChI=1S/C26H35Cl2N3O4S/c1-5-23(26(33)29-19(2)3)30(17-15-20-10-7-6-8-11-20)25(32)12-9-16-31(36(4,34)35)24-18-21(27)13-14-22(24)28/h6-8,10-11,13-14,18-19,23H,5,9,12,15-17H2,1-4H3,(H,29,33)/t23-/m1/s1. The number of hydrogen-bond donors (Lipinski definition) is 1. The zero-order valence-electron chi connectivity index (χ0n) is 21.2. The summed E-state index contributed by atoms with van der Waals surface area (Å²) in [5, 5.41) is 3.51. The van der Waals surface area contributed by atoms with Gasteiger partial charge in [0.05, 0.1) is 17.0 Å². The number of benzene rings is 2. The van der Waals surface area contributed by atoms with Crippen LogP contribution in [0.3, 0.4) is 0 Å². The Balaban J connectivity index is 2.19. The molecule has 0 aliphatic heterocycles. The van der Waals surface area contributed by atoms with Crippen molar-refractivity contribution in [2.75, 3.05) is 23.7 Å². The molecule has 2 aromatic rings. The minimum absolute atomic E-state index is 0.0478. The second-order valence-electron chi connectivity index (χ2n) is 8.94. The van der Waals surface area contributed by atoms with E-state index in [2.05, 4.69) is 5.32 Å². The molecule has 2 aromatic carbocycles. The van der Waals surface area contributed by atoms with Crippen molar-refractivity contribution >= 4 is 50.7 Å². The fourth-order valence-electron chi connectivity index (χ4n) is 3.94. The fourth-order valence-corrected chi connectivity index (χ4v) is 5.34. The van der Waals surface area contributed by atoms with Gasteiger partial charge in [0.15, 0.2) is 0 Å². The third kappa shape index (κ3) is 8.98. The van der Waals surface area contributed by atoms with Crippen LogP contribution < -0.4 is 9.62 Å². The predicted octanol–water partition coefficient (Wildman–Crippen LogP) is 4.91. The zero-order valence-corrected chi connectivity index (χ0v) is 23.5. The predicted molar refractivity (Wildman–Crippen MR) is 147 cm³/mol. The molecule has 0 fully saturated rings. The van der Waals surface area contributed by atoms with E-state index in [1.165, 1.54) is 12.1 Å². The molecule has 10 heteroatoms. The molecule has 0 radical (unpaired) electrons. The number of carbonyl (C=O) groups excluding carboxylic acids is 2. The molecule has 2 amide bonds. The van der Waals surface area contributed by atoms with Crippen molar-refractivity contribution in [1.29, 1.82) is 0 Å². The minimum atomic E-state index is -3.67. The second-order valence-corrected chi connectivity index (χ2v) is 11.7. The minimum Gasteiger partial charge on any atom is -0.352 e. The highest BCUT2D eigenvalue weighted by Gasteiger charge is 2.29. The van der Waals surface area contributed by atoms with E-state index < -0.39 is 16.1 Å². The lowest BCUT2D eigenvalue weighted by Crippen LogP contribution is -2.51. The van der Waals surface area contributed by atoms with Gasteiger partial charge in [-0.05, 0) is 56.9 Å². The van der Waals surface area contributed by atoms with Crippen LogP contribution in [0.25, 0.3) is 0 Å². The molecule has 198 valence electrons. The summed E-state index contributed by atoms with van der Waals surface area (Å²) in [6, 6.07) is 13.7. The van der Waals surface area contributed by atoms with Gasteiger partial charge in [-0.3, -0.25) is 13.9 Å². The van der Waals surface area contributed by atoms with Crippen LogP contribution in [0.5, 0.6) is 0 Å². The van der Waals surface area contributed by atoms with E-state index in [1.807, 2.05) is 51.1 Å². The zero-order chi connectivity index (χ0) is 26.9. The first kappa shape index (κ1) is 29.9. The van der Waals surface area contributed by atoms with Crippen LogP contribution in [0, 0.1) is 0 Å². The number of halogens is 2. The Morgan fingerprint density at radius 2 is 1.69 bits per heavy atom. The molecule has 2 rings (SSSR count). The molecule has 0 bridgehead atoms. The van der Waals surface area contributed by atoms with Crippen LogP contribution in [0.2, 0.25) is 10.0 Å². The van der Waals surface area contributed by atoms with Gasteiger partial charge in [-0.15, -0.1) is 0 Å². The van der Waals surface area contributed by atoms with Crippen molar-refractivity contribution in [3.63, 3.8) is 0 Å². The molecule has 0 spiro atoms. The van der Waals surface area contributed by atoms with Gasteiger partial charge in [0.25, 0.3) is 0 Å². The summed E-state index contributed by atoms with van der Waals surface area (Å²) in [7, 11) is -3.67. The molecule has 36 heavy (non-hydrogen) atoms. The number of hydrogen-bond acceptors (Lipinski definition) is 4. The molecule has 0 heterocycles. The van der Waals surface area contributed by atoms with E-state index in [1.54, 1.807) is 11.0 Å². The van der Waals surface area contributed by atoms with E-state index in [0.29, 0.717) is 24.4 Å². The van der Waals surface area contributed by atoms with Gasteiger partial charge >= 0.3 is 0 Å². The Hall–Kier alpha value is -2.29. The summed E-state index contributed by atoms with van der Waals surface area (Å²) in [6.07, 6.45) is 2.48. The molecule has 0 aliphatic rings. The lowest BCUT2D eigenvalue weighted by Gasteiger charge is -2.31. The highest BCUT2D eigenvalue weighted by atomic mass is 35.5. The summed E-state index contributed by atoms with van der Waals surface area (Å²) in [5.74, 6) is -0.403. The van der Waals surface area contributed by atoms with Crippen LogP contribution in [0.15, 0.2) is 48.5 Å². The van der Waals surface area contributed by atoms with Crippen LogP contribution in [-0.2, 0) is 26.0 Å². The van der Waals surface area contributed by atoms with Gasteiger partial charge in [0, 0.05) is 30.6 Å². The third-order valence-corrected chi connectivity index (χ3v) is 7.36. The maximum Gasteiger partial charge on any atom is 0.242 e. The van der Waals surface area contributed by atoms with Gasteiger partial charge < -0.3 is 10.2 Å². The van der Waals surface area contributed by atoms with Crippen molar-refractivity contribution in [2.45, 2.75) is 58.5 Å². The first-order chi connectivity index (χ1) is 16.9. The maximum absolute atomic E-state index is 13.4. The van der Waals surface area contributed by atoms with E-state index in [4.69, 9.17) is 23.2 Å². The molecule has 1 atom stereocenters. The van der Waals surface area contributed by atoms with Crippen molar-refractivity contribution in [3.05, 3.63) is 64.1 Å². The first-order valence-corrected chi connectivity index (χ1v) is 14.6. The third-order valence-electron chi connectivity index (χ3n) is 5.63. The van der Waals surface area contributed by atoms with Crippen LogP contribution >= 0.6 is 23.2 Å². The summed E-state index contributed by atoms with van der Waals surface area (Å²) in [5.41, 5.74) is 1.33. The normalized spacial score (nSPS) is 12.3. The molecule has 0 aromatic heterocycles. The SMILES string of the molecule is CC[C@H](C(=O)NC(C)C)N(CCc1ccccc1)C(=O)CCCN(c1cc(Cl)ccc1Cl)S(C)(=O)=O. The molecule has 7 nitrogen and oxygen atoms in total. The van der Waals surface area contributed by atoms with E-state index in [9.17, 15) is 18.0 Å². The van der Waals surface area contributed by atoms with Crippen molar-refractivity contribution in [1.82, 2.24) is 10.2 Å². The molecule has 1 N–H and O–H groups in total. The van der Waals surface area contributed by atoms with Gasteiger partial charge in [-0.25, -0.2) is 8.42 Å². The first-order valence-electron chi connectivity index (χ1n) is 12.0. The average molecular weight is 557 g/mol. The Labute approximate surface area is 224 Å². The van der Waals surface area contributed by atoms with Crippen LogP contribution in [0.1, 0.15) is 45.6 Å². The Morgan fingerprint density at radius 1 is 1.03 bits per heavy atom. The lowest BCUT2D eigenvalue weighted by atomic mass is 10.1. The Morgan fingerprint density at radius 3 is 2.28 bits per heavy atom. The van der Waals surface area contributed by atoms with Crippen molar-refractivity contribution in [3.8, 4) is 0 Å². The number of anilines is 1. The van der Waals surface area contributed by atoms with E-state index in [-0.39, 0.29) is 48.0 Å². The van der Waals surface area contributed by atoms with Crippen LogP contribution in [0.4, 0.5) is 5.69 Å². The molecule has 0 saturated carbocycles. The number of amides is 2. The second kappa shape index (κ2) is 13.9. The number of carbonyl (C=O) groups is 2. The van der Waals surface area contributed by atoms with Gasteiger partial charge in [0.2, 0.25) is 21.8 Å². The number of nitrogens with one attached hydrogen (secondary N) is 1. The van der Waals surface area contributed by atoms with Crippen molar-refractivity contribution in [2.24, 2.45) is 0 Å². The lowest BCUT2D eigenvalue weighted by molar-refractivity contribution is -0.141. The summed E-state index contributed by atoms with van der Waals surface area (Å²) in [4.78, 5) is 27.9. The topological polar surface area (TPSA) is 86.8 Å². The molecular weight excluding hydrogens is 521 g/mol.